The van der Waals surface area contributed by atoms with E-state index in [9.17, 15) is 18.0 Å². The average Bonchev–Trinajstić information content (AvgIpc) is 2.80. The highest BCUT2D eigenvalue weighted by atomic mass is 32.2. The number of sulfone groups is 1. The van der Waals surface area contributed by atoms with Crippen LogP contribution in [0, 0.1) is 0 Å². The van der Waals surface area contributed by atoms with E-state index in [-0.39, 0.29) is 28.4 Å². The molecular weight excluding hydrogens is 446 g/mol. The van der Waals surface area contributed by atoms with Crippen molar-refractivity contribution < 1.29 is 18.0 Å². The Bertz CT molecular complexity index is 1110. The van der Waals surface area contributed by atoms with Crippen molar-refractivity contribution in [1.29, 1.82) is 0 Å². The maximum Gasteiger partial charge on any atom is 0.237 e. The van der Waals surface area contributed by atoms with Crippen molar-refractivity contribution in [1.82, 2.24) is 4.90 Å². The van der Waals surface area contributed by atoms with Gasteiger partial charge < -0.3 is 15.1 Å². The molecule has 2 amide bonds. The summed E-state index contributed by atoms with van der Waals surface area (Å²) in [6.07, 6.45) is -0.0666. The molecule has 0 unspecified atom stereocenters. The lowest BCUT2D eigenvalue weighted by Gasteiger charge is -2.36. The second kappa shape index (κ2) is 9.15. The number of hydrogen-bond acceptors (Lipinski definition) is 6. The fourth-order valence-corrected chi connectivity index (χ4v) is 6.23. The van der Waals surface area contributed by atoms with Crippen molar-refractivity contribution in [3.63, 3.8) is 0 Å². The lowest BCUT2D eigenvalue weighted by molar-refractivity contribution is -0.131. The highest BCUT2D eigenvalue weighted by Gasteiger charge is 2.31. The molecule has 170 valence electrons. The average molecular weight is 474 g/mol. The van der Waals surface area contributed by atoms with Crippen LogP contribution >= 0.6 is 11.8 Å². The second-order valence-electron chi connectivity index (χ2n) is 8.17. The van der Waals surface area contributed by atoms with Gasteiger partial charge in [-0.3, -0.25) is 9.59 Å². The molecule has 32 heavy (non-hydrogen) atoms. The number of rotatable bonds is 5. The third-order valence-corrected chi connectivity index (χ3v) is 9.27. The van der Waals surface area contributed by atoms with E-state index in [0.717, 1.165) is 23.7 Å². The van der Waals surface area contributed by atoms with Crippen LogP contribution in [-0.4, -0.2) is 61.8 Å². The largest absolute Gasteiger partial charge is 0.368 e. The molecule has 0 radical (unpaired) electrons. The van der Waals surface area contributed by atoms with Crippen molar-refractivity contribution in [3.05, 3.63) is 48.5 Å². The molecule has 2 aromatic carbocycles. The molecule has 0 aliphatic carbocycles. The number of carbonyl (C=O) groups excluding carboxylic acids is 2. The number of nitrogens with zero attached hydrogens (tertiary/aromatic N) is 2. The van der Waals surface area contributed by atoms with E-state index < -0.39 is 15.1 Å². The monoisotopic (exact) mass is 473 g/mol. The Kier molecular flexibility index (Phi) is 6.48. The summed E-state index contributed by atoms with van der Waals surface area (Å²) in [4.78, 5) is 29.7. The third kappa shape index (κ3) is 4.63. The standard InChI is InChI=1S/C23H27N3O4S2/c1-16(14-22(27)26-12-10-25(11-13-26)18-6-4-3-5-7-18)32(29,30)19-8-9-21-20(15-19)24-23(28)17(2)31-21/h3-9,15-17H,10-14H2,1-2H3,(H,24,28)/t16-,17+/m1/s1. The number of anilines is 2. The van der Waals surface area contributed by atoms with Gasteiger partial charge in [-0.1, -0.05) is 18.2 Å². The predicted molar refractivity (Wildman–Crippen MR) is 127 cm³/mol. The molecule has 7 nitrogen and oxygen atoms in total. The fourth-order valence-electron chi connectivity index (χ4n) is 3.93. The Morgan fingerprint density at radius 2 is 1.81 bits per heavy atom. The second-order valence-corrected chi connectivity index (χ2v) is 11.9. The maximum absolute atomic E-state index is 13.1. The summed E-state index contributed by atoms with van der Waals surface area (Å²) in [5, 5.41) is 1.69. The molecule has 0 aromatic heterocycles. The van der Waals surface area contributed by atoms with Gasteiger partial charge in [-0.25, -0.2) is 8.42 Å². The highest BCUT2D eigenvalue weighted by molar-refractivity contribution is 8.01. The summed E-state index contributed by atoms with van der Waals surface area (Å²) >= 11 is 1.40. The van der Waals surface area contributed by atoms with Crippen LogP contribution in [0.2, 0.25) is 0 Å². The van der Waals surface area contributed by atoms with Gasteiger partial charge in [-0.2, -0.15) is 0 Å². The highest BCUT2D eigenvalue weighted by Crippen LogP contribution is 2.37. The number of fused-ring (bicyclic) bond motifs is 1. The molecule has 0 bridgehead atoms. The van der Waals surface area contributed by atoms with Crippen molar-refractivity contribution in [2.75, 3.05) is 36.4 Å². The lowest BCUT2D eigenvalue weighted by Crippen LogP contribution is -2.49. The number of amides is 2. The molecule has 2 aliphatic rings. The minimum atomic E-state index is -3.71. The molecule has 2 atom stereocenters. The summed E-state index contributed by atoms with van der Waals surface area (Å²) < 4.78 is 26.2. The lowest BCUT2D eigenvalue weighted by atomic mass is 10.2. The van der Waals surface area contributed by atoms with Crippen LogP contribution in [0.5, 0.6) is 0 Å². The molecule has 2 heterocycles. The Balaban J connectivity index is 1.39. The molecule has 4 rings (SSSR count). The van der Waals surface area contributed by atoms with Crippen LogP contribution in [-0.2, 0) is 19.4 Å². The number of para-hydroxylation sites is 1. The van der Waals surface area contributed by atoms with Crippen molar-refractivity contribution in [3.8, 4) is 0 Å². The van der Waals surface area contributed by atoms with Gasteiger partial charge in [0.05, 0.1) is 21.1 Å². The predicted octanol–water partition coefficient (Wildman–Crippen LogP) is 3.02. The van der Waals surface area contributed by atoms with Crippen LogP contribution in [0.25, 0.3) is 0 Å². The fraction of sp³-hybridized carbons (Fsp3) is 0.391. The van der Waals surface area contributed by atoms with Crippen LogP contribution in [0.1, 0.15) is 20.3 Å². The quantitative estimate of drug-likeness (QED) is 0.718. The van der Waals surface area contributed by atoms with E-state index in [2.05, 4.69) is 10.2 Å². The molecule has 0 saturated carbocycles. The van der Waals surface area contributed by atoms with Gasteiger partial charge in [0.2, 0.25) is 11.8 Å². The SMILES string of the molecule is C[C@@H]1Sc2ccc(S(=O)(=O)[C@H](C)CC(=O)N3CCN(c4ccccc4)CC3)cc2NC1=O. The summed E-state index contributed by atoms with van der Waals surface area (Å²) in [5.74, 6) is -0.292. The molecule has 2 aromatic rings. The van der Waals surface area contributed by atoms with Gasteiger partial charge in [0.1, 0.15) is 0 Å². The summed E-state index contributed by atoms with van der Waals surface area (Å²) in [6.45, 7) is 5.96. The van der Waals surface area contributed by atoms with Crippen LogP contribution < -0.4 is 10.2 Å². The van der Waals surface area contributed by atoms with E-state index >= 15 is 0 Å². The molecule has 0 spiro atoms. The van der Waals surface area contributed by atoms with E-state index in [4.69, 9.17) is 0 Å². The van der Waals surface area contributed by atoms with Crippen molar-refractivity contribution >= 4 is 44.8 Å². The van der Waals surface area contributed by atoms with Crippen LogP contribution in [0.3, 0.4) is 0 Å². The minimum absolute atomic E-state index is 0.0666. The first-order chi connectivity index (χ1) is 15.3. The van der Waals surface area contributed by atoms with Crippen molar-refractivity contribution in [2.24, 2.45) is 0 Å². The number of hydrogen-bond donors (Lipinski definition) is 1. The number of carbonyl (C=O) groups is 2. The zero-order chi connectivity index (χ0) is 22.9. The van der Waals surface area contributed by atoms with Gasteiger partial charge in [-0.15, -0.1) is 11.8 Å². The zero-order valence-electron chi connectivity index (χ0n) is 18.2. The smallest absolute Gasteiger partial charge is 0.237 e. The van der Waals surface area contributed by atoms with Gasteiger partial charge in [0.25, 0.3) is 0 Å². The van der Waals surface area contributed by atoms with E-state index in [1.165, 1.54) is 17.8 Å². The maximum atomic E-state index is 13.1. The first kappa shape index (κ1) is 22.7. The summed E-state index contributed by atoms with van der Waals surface area (Å²) in [7, 11) is -3.71. The first-order valence-electron chi connectivity index (χ1n) is 10.7. The Morgan fingerprint density at radius 3 is 2.50 bits per heavy atom. The van der Waals surface area contributed by atoms with E-state index in [1.807, 2.05) is 30.3 Å². The summed E-state index contributed by atoms with van der Waals surface area (Å²) in [6, 6.07) is 14.8. The number of thioether (sulfide) groups is 1. The third-order valence-electron chi connectivity index (χ3n) is 5.96. The number of nitrogens with one attached hydrogen (secondary N) is 1. The Hall–Kier alpha value is -2.52. The van der Waals surface area contributed by atoms with Crippen molar-refractivity contribution in [2.45, 2.75) is 40.6 Å². The van der Waals surface area contributed by atoms with E-state index in [0.29, 0.717) is 18.8 Å². The van der Waals surface area contributed by atoms with Gasteiger partial charge in [0.15, 0.2) is 9.84 Å². The molecular formula is C23H27N3O4S2. The zero-order valence-corrected chi connectivity index (χ0v) is 19.8. The Labute approximate surface area is 193 Å². The minimum Gasteiger partial charge on any atom is -0.368 e. The molecule has 2 aliphatic heterocycles. The Morgan fingerprint density at radius 1 is 1.12 bits per heavy atom. The number of piperazine rings is 1. The normalized spacial score (nSPS) is 19.8. The topological polar surface area (TPSA) is 86.8 Å². The molecule has 1 N–H and O–H groups in total. The summed E-state index contributed by atoms with van der Waals surface area (Å²) in [5.41, 5.74) is 1.64. The van der Waals surface area contributed by atoms with E-state index in [1.54, 1.807) is 30.9 Å². The molecule has 9 heteroatoms. The van der Waals surface area contributed by atoms with Crippen LogP contribution in [0.15, 0.2) is 58.3 Å². The van der Waals surface area contributed by atoms with Crippen LogP contribution in [0.4, 0.5) is 11.4 Å². The molecule has 1 saturated heterocycles. The molecule has 1 fully saturated rings. The van der Waals surface area contributed by atoms with Gasteiger partial charge in [-0.05, 0) is 44.2 Å². The number of benzene rings is 2. The first-order valence-corrected chi connectivity index (χ1v) is 13.1. The van der Waals surface area contributed by atoms with Gasteiger partial charge >= 0.3 is 0 Å². The van der Waals surface area contributed by atoms with Gasteiger partial charge in [0, 0.05) is 43.2 Å².